The molecule has 1 saturated carbocycles. The van der Waals surface area contributed by atoms with Crippen LogP contribution in [0.4, 0.5) is 0 Å². The Bertz CT molecular complexity index is 399. The second kappa shape index (κ2) is 7.05. The zero-order valence-corrected chi connectivity index (χ0v) is 12.7. The zero-order valence-electron chi connectivity index (χ0n) is 12.7. The lowest BCUT2D eigenvalue weighted by molar-refractivity contribution is -0.153. The number of carboxylic acids is 1. The quantitative estimate of drug-likeness (QED) is 0.698. The van der Waals surface area contributed by atoms with Gasteiger partial charge in [0.2, 0.25) is 11.8 Å². The summed E-state index contributed by atoms with van der Waals surface area (Å²) < 4.78 is 0. The van der Waals surface area contributed by atoms with Crippen molar-refractivity contribution < 1.29 is 19.5 Å². The maximum Gasteiger partial charge on any atom is 0.303 e. The number of rotatable bonds is 8. The number of amides is 2. The lowest BCUT2D eigenvalue weighted by Crippen LogP contribution is -2.46. The average molecular weight is 295 g/mol. The second-order valence-electron chi connectivity index (χ2n) is 6.41. The lowest BCUT2D eigenvalue weighted by atomic mass is 9.92. The molecular formula is C16H25NO4. The van der Waals surface area contributed by atoms with Gasteiger partial charge in [0.05, 0.1) is 0 Å². The molecule has 1 heterocycles. The van der Waals surface area contributed by atoms with Gasteiger partial charge in [0, 0.05) is 24.8 Å². The van der Waals surface area contributed by atoms with Crippen LogP contribution in [0.5, 0.6) is 0 Å². The summed E-state index contributed by atoms with van der Waals surface area (Å²) in [4.78, 5) is 36.6. The Morgan fingerprint density at radius 1 is 1.19 bits per heavy atom. The summed E-state index contributed by atoms with van der Waals surface area (Å²) in [5, 5.41) is 8.79. The van der Waals surface area contributed by atoms with E-state index in [4.69, 9.17) is 5.11 Å². The first kappa shape index (κ1) is 16.0. The highest BCUT2D eigenvalue weighted by Crippen LogP contribution is 2.38. The molecule has 3 unspecified atom stereocenters. The Labute approximate surface area is 125 Å². The molecule has 0 aromatic carbocycles. The minimum atomic E-state index is -0.778. The van der Waals surface area contributed by atoms with Gasteiger partial charge in [0.1, 0.15) is 0 Å². The standard InChI is InChI=1S/C16H25NO4/c1-2-3-11(4-7-14(18)19)8-9-17-15(20)12-5-6-13(10-12)16(17)21/h11-13H,2-10H2,1H3,(H,18,19). The summed E-state index contributed by atoms with van der Waals surface area (Å²) in [6.45, 7) is 2.54. The summed E-state index contributed by atoms with van der Waals surface area (Å²) >= 11 is 0. The third-order valence-corrected chi connectivity index (χ3v) is 4.89. The molecule has 1 aliphatic heterocycles. The van der Waals surface area contributed by atoms with Crippen molar-refractivity contribution in [1.29, 1.82) is 0 Å². The first-order valence-corrected chi connectivity index (χ1v) is 8.10. The molecule has 2 amide bonds. The van der Waals surface area contributed by atoms with Gasteiger partial charge >= 0.3 is 5.97 Å². The maximum atomic E-state index is 12.2. The maximum absolute atomic E-state index is 12.2. The van der Waals surface area contributed by atoms with Crippen LogP contribution in [0, 0.1) is 17.8 Å². The largest absolute Gasteiger partial charge is 0.481 e. The first-order valence-electron chi connectivity index (χ1n) is 8.10. The molecule has 2 bridgehead atoms. The van der Waals surface area contributed by atoms with Crippen molar-refractivity contribution in [3.63, 3.8) is 0 Å². The number of aliphatic carboxylic acids is 1. The third-order valence-electron chi connectivity index (χ3n) is 4.89. The van der Waals surface area contributed by atoms with Crippen LogP contribution in [0.25, 0.3) is 0 Å². The highest BCUT2D eigenvalue weighted by Gasteiger charge is 2.44. The van der Waals surface area contributed by atoms with Gasteiger partial charge in [-0.2, -0.15) is 0 Å². The number of likely N-dealkylation sites (tertiary alicyclic amines) is 1. The molecule has 5 heteroatoms. The highest BCUT2D eigenvalue weighted by molar-refractivity contribution is 6.00. The molecule has 1 N–H and O–H groups in total. The molecule has 21 heavy (non-hydrogen) atoms. The molecule has 118 valence electrons. The first-order chi connectivity index (χ1) is 10.0. The molecule has 1 saturated heterocycles. The fourth-order valence-corrected chi connectivity index (χ4v) is 3.68. The van der Waals surface area contributed by atoms with Crippen LogP contribution >= 0.6 is 0 Å². The molecule has 0 radical (unpaired) electrons. The van der Waals surface area contributed by atoms with E-state index in [9.17, 15) is 14.4 Å². The SMILES string of the molecule is CCCC(CCC(=O)O)CCN1C(=O)C2CCC(C2)C1=O. The van der Waals surface area contributed by atoms with E-state index in [2.05, 4.69) is 6.92 Å². The van der Waals surface area contributed by atoms with Crippen LogP contribution in [-0.4, -0.2) is 34.3 Å². The molecule has 2 fully saturated rings. The third kappa shape index (κ3) is 3.83. The number of carbonyl (C=O) groups excluding carboxylic acids is 2. The van der Waals surface area contributed by atoms with Crippen LogP contribution in [0.1, 0.15) is 58.3 Å². The number of imide groups is 1. The van der Waals surface area contributed by atoms with E-state index in [-0.39, 0.29) is 36.0 Å². The molecule has 1 aliphatic carbocycles. The number of nitrogens with zero attached hydrogens (tertiary/aromatic N) is 1. The number of hydrogen-bond acceptors (Lipinski definition) is 3. The Morgan fingerprint density at radius 3 is 2.33 bits per heavy atom. The molecular weight excluding hydrogens is 270 g/mol. The second-order valence-corrected chi connectivity index (χ2v) is 6.41. The van der Waals surface area contributed by atoms with Crippen molar-refractivity contribution in [2.75, 3.05) is 6.54 Å². The smallest absolute Gasteiger partial charge is 0.303 e. The average Bonchev–Trinajstić information content (AvgIpc) is 2.89. The highest BCUT2D eigenvalue weighted by atomic mass is 16.4. The van der Waals surface area contributed by atoms with Crippen LogP contribution in [0.3, 0.4) is 0 Å². The van der Waals surface area contributed by atoms with E-state index in [1.807, 2.05) is 0 Å². The van der Waals surface area contributed by atoms with E-state index in [1.54, 1.807) is 0 Å². The van der Waals surface area contributed by atoms with E-state index in [0.29, 0.717) is 13.0 Å². The van der Waals surface area contributed by atoms with E-state index >= 15 is 0 Å². The summed E-state index contributed by atoms with van der Waals surface area (Å²) in [6, 6.07) is 0. The number of carbonyl (C=O) groups is 3. The molecule has 2 rings (SSSR count). The van der Waals surface area contributed by atoms with Crippen molar-refractivity contribution in [2.24, 2.45) is 17.8 Å². The van der Waals surface area contributed by atoms with E-state index in [1.165, 1.54) is 4.90 Å². The predicted molar refractivity (Wildman–Crippen MR) is 77.4 cm³/mol. The fraction of sp³-hybridized carbons (Fsp3) is 0.812. The minimum absolute atomic E-state index is 0.00207. The number of carboxylic acid groups (broad SMARTS) is 1. The summed E-state index contributed by atoms with van der Waals surface area (Å²) in [6.07, 6.45) is 5.92. The van der Waals surface area contributed by atoms with Gasteiger partial charge in [0.25, 0.3) is 0 Å². The van der Waals surface area contributed by atoms with Gasteiger partial charge in [-0.15, -0.1) is 0 Å². The lowest BCUT2D eigenvalue weighted by Gasteiger charge is -2.30. The monoisotopic (exact) mass is 295 g/mol. The number of hydrogen-bond donors (Lipinski definition) is 1. The minimum Gasteiger partial charge on any atom is -0.481 e. The van der Waals surface area contributed by atoms with E-state index < -0.39 is 5.97 Å². The topological polar surface area (TPSA) is 74.7 Å². The molecule has 5 nitrogen and oxygen atoms in total. The van der Waals surface area contributed by atoms with Gasteiger partial charge in [-0.1, -0.05) is 19.8 Å². The normalized spacial score (nSPS) is 26.2. The Balaban J connectivity index is 1.88. The summed E-state index contributed by atoms with van der Waals surface area (Å²) in [5.74, 6) is -0.386. The van der Waals surface area contributed by atoms with Gasteiger partial charge < -0.3 is 5.11 Å². The molecule has 0 spiro atoms. The van der Waals surface area contributed by atoms with Gasteiger partial charge in [0.15, 0.2) is 0 Å². The summed E-state index contributed by atoms with van der Waals surface area (Å²) in [5.41, 5.74) is 0. The Morgan fingerprint density at radius 2 is 1.81 bits per heavy atom. The van der Waals surface area contributed by atoms with Gasteiger partial charge in [-0.3, -0.25) is 19.3 Å². The van der Waals surface area contributed by atoms with E-state index in [0.717, 1.165) is 38.5 Å². The molecule has 3 atom stereocenters. The van der Waals surface area contributed by atoms with Crippen LogP contribution in [0.15, 0.2) is 0 Å². The molecule has 0 aromatic heterocycles. The van der Waals surface area contributed by atoms with Crippen molar-refractivity contribution in [1.82, 2.24) is 4.90 Å². The predicted octanol–water partition coefficient (Wildman–Crippen LogP) is 2.44. The Hall–Kier alpha value is -1.39. The van der Waals surface area contributed by atoms with Crippen molar-refractivity contribution in [3.05, 3.63) is 0 Å². The number of fused-ring (bicyclic) bond motifs is 2. The molecule has 0 aromatic rings. The fourth-order valence-electron chi connectivity index (χ4n) is 3.68. The van der Waals surface area contributed by atoms with Crippen LogP contribution in [0.2, 0.25) is 0 Å². The van der Waals surface area contributed by atoms with Gasteiger partial charge in [-0.05, 0) is 38.0 Å². The van der Waals surface area contributed by atoms with Gasteiger partial charge in [-0.25, -0.2) is 0 Å². The molecule has 2 aliphatic rings. The van der Waals surface area contributed by atoms with Crippen molar-refractivity contribution in [2.45, 2.75) is 58.3 Å². The van der Waals surface area contributed by atoms with Crippen molar-refractivity contribution in [3.8, 4) is 0 Å². The zero-order chi connectivity index (χ0) is 15.4. The summed E-state index contributed by atoms with van der Waals surface area (Å²) in [7, 11) is 0. The van der Waals surface area contributed by atoms with Crippen LogP contribution in [-0.2, 0) is 14.4 Å². The van der Waals surface area contributed by atoms with Crippen molar-refractivity contribution >= 4 is 17.8 Å². The van der Waals surface area contributed by atoms with Crippen LogP contribution < -0.4 is 0 Å². The Kier molecular flexibility index (Phi) is 5.37. The number of piperidine rings is 1.